The minimum atomic E-state index is -0.0368. The monoisotopic (exact) mass is 284 g/mol. The van der Waals surface area contributed by atoms with Crippen molar-refractivity contribution in [3.8, 4) is 0 Å². The molecular formula is C13H21ClN4O. The van der Waals surface area contributed by atoms with E-state index in [0.29, 0.717) is 23.3 Å². The third-order valence-corrected chi connectivity index (χ3v) is 3.08. The van der Waals surface area contributed by atoms with Gasteiger partial charge in [0, 0.05) is 25.1 Å². The Bertz CT molecular complexity index is 462. The summed E-state index contributed by atoms with van der Waals surface area (Å²) in [5.74, 6) is 1.54. The standard InChI is InChI=1S/C13H21ClN4O/c1-6-15-10(19)7-18(5)13-9(4)11(14)16-12(17-13)8(2)3/h8H,6-7H2,1-5H3,(H,15,19). The highest BCUT2D eigenvalue weighted by Gasteiger charge is 2.16. The van der Waals surface area contributed by atoms with Crippen molar-refractivity contribution in [2.24, 2.45) is 0 Å². The summed E-state index contributed by atoms with van der Waals surface area (Å²) in [5.41, 5.74) is 0.790. The van der Waals surface area contributed by atoms with E-state index in [0.717, 1.165) is 5.56 Å². The Morgan fingerprint density at radius 1 is 1.42 bits per heavy atom. The van der Waals surface area contributed by atoms with Gasteiger partial charge in [-0.1, -0.05) is 25.4 Å². The van der Waals surface area contributed by atoms with Gasteiger partial charge in [-0.05, 0) is 13.8 Å². The number of rotatable bonds is 5. The zero-order valence-corrected chi connectivity index (χ0v) is 12.9. The van der Waals surface area contributed by atoms with Gasteiger partial charge in [-0.15, -0.1) is 0 Å². The number of hydrogen-bond donors (Lipinski definition) is 1. The van der Waals surface area contributed by atoms with Crippen molar-refractivity contribution in [1.82, 2.24) is 15.3 Å². The Hall–Kier alpha value is -1.36. The van der Waals surface area contributed by atoms with Gasteiger partial charge in [-0.2, -0.15) is 0 Å². The summed E-state index contributed by atoms with van der Waals surface area (Å²) in [6.07, 6.45) is 0. The van der Waals surface area contributed by atoms with E-state index in [9.17, 15) is 4.79 Å². The Morgan fingerprint density at radius 3 is 2.58 bits per heavy atom. The lowest BCUT2D eigenvalue weighted by Gasteiger charge is -2.21. The Labute approximate surface area is 119 Å². The number of anilines is 1. The number of amides is 1. The van der Waals surface area contributed by atoms with Gasteiger partial charge in [-0.3, -0.25) is 4.79 Å². The quantitative estimate of drug-likeness (QED) is 0.842. The fraction of sp³-hybridized carbons (Fsp3) is 0.615. The summed E-state index contributed by atoms with van der Waals surface area (Å²) in [4.78, 5) is 22.2. The first kappa shape index (κ1) is 15.7. The van der Waals surface area contributed by atoms with Crippen molar-refractivity contribution in [2.75, 3.05) is 25.0 Å². The van der Waals surface area contributed by atoms with E-state index in [1.807, 2.05) is 34.7 Å². The normalized spacial score (nSPS) is 10.7. The molecule has 0 saturated heterocycles. The summed E-state index contributed by atoms with van der Waals surface area (Å²) in [5, 5.41) is 3.20. The first-order valence-electron chi connectivity index (χ1n) is 6.38. The van der Waals surface area contributed by atoms with Crippen molar-refractivity contribution < 1.29 is 4.79 Å². The van der Waals surface area contributed by atoms with Gasteiger partial charge >= 0.3 is 0 Å². The molecule has 0 aliphatic heterocycles. The van der Waals surface area contributed by atoms with E-state index in [1.165, 1.54) is 0 Å². The third kappa shape index (κ3) is 4.06. The zero-order chi connectivity index (χ0) is 14.6. The molecule has 0 aromatic carbocycles. The van der Waals surface area contributed by atoms with Crippen LogP contribution in [0.15, 0.2) is 0 Å². The molecule has 1 aromatic heterocycles. The summed E-state index contributed by atoms with van der Waals surface area (Å²) in [6.45, 7) is 8.63. The van der Waals surface area contributed by atoms with Crippen LogP contribution in [0.25, 0.3) is 0 Å². The molecule has 0 unspecified atom stereocenters. The molecule has 1 rings (SSSR count). The van der Waals surface area contributed by atoms with Gasteiger partial charge in [0.25, 0.3) is 0 Å². The second-order valence-electron chi connectivity index (χ2n) is 4.79. The van der Waals surface area contributed by atoms with Gasteiger partial charge in [0.1, 0.15) is 16.8 Å². The Balaban J connectivity index is 3.01. The number of hydrogen-bond acceptors (Lipinski definition) is 4. The predicted octanol–water partition coefficient (Wildman–Crippen LogP) is 2.13. The Kier molecular flexibility index (Phi) is 5.54. The average Bonchev–Trinajstić information content (AvgIpc) is 2.32. The lowest BCUT2D eigenvalue weighted by Crippen LogP contribution is -2.35. The molecule has 1 N–H and O–H groups in total. The summed E-state index contributed by atoms with van der Waals surface area (Å²) >= 11 is 6.13. The number of aromatic nitrogens is 2. The van der Waals surface area contributed by atoms with Crippen molar-refractivity contribution in [2.45, 2.75) is 33.6 Å². The topological polar surface area (TPSA) is 58.1 Å². The maximum absolute atomic E-state index is 11.6. The second kappa shape index (κ2) is 6.70. The molecule has 0 aliphatic rings. The predicted molar refractivity (Wildman–Crippen MR) is 77.8 cm³/mol. The van der Waals surface area contributed by atoms with Gasteiger partial charge < -0.3 is 10.2 Å². The van der Waals surface area contributed by atoms with Gasteiger partial charge in [0.15, 0.2) is 0 Å². The minimum Gasteiger partial charge on any atom is -0.355 e. The van der Waals surface area contributed by atoms with Crippen LogP contribution < -0.4 is 10.2 Å². The zero-order valence-electron chi connectivity index (χ0n) is 12.1. The van der Waals surface area contributed by atoms with Crippen LogP contribution in [0.1, 0.15) is 38.1 Å². The van der Waals surface area contributed by atoms with E-state index in [-0.39, 0.29) is 18.4 Å². The molecule has 5 nitrogen and oxygen atoms in total. The number of likely N-dealkylation sites (N-methyl/N-ethyl adjacent to an activating group) is 2. The number of carbonyl (C=O) groups excluding carboxylic acids is 1. The van der Waals surface area contributed by atoms with Crippen molar-refractivity contribution in [3.05, 3.63) is 16.5 Å². The van der Waals surface area contributed by atoms with E-state index >= 15 is 0 Å². The van der Waals surface area contributed by atoms with E-state index in [1.54, 1.807) is 4.90 Å². The smallest absolute Gasteiger partial charge is 0.239 e. The molecule has 1 aromatic rings. The highest BCUT2D eigenvalue weighted by Crippen LogP contribution is 2.24. The van der Waals surface area contributed by atoms with Crippen LogP contribution in [0.2, 0.25) is 5.15 Å². The first-order chi connectivity index (χ1) is 8.86. The van der Waals surface area contributed by atoms with Crippen LogP contribution in [0, 0.1) is 6.92 Å². The second-order valence-corrected chi connectivity index (χ2v) is 5.14. The van der Waals surface area contributed by atoms with Crippen LogP contribution in [0.5, 0.6) is 0 Å². The molecule has 6 heteroatoms. The van der Waals surface area contributed by atoms with Crippen molar-refractivity contribution in [1.29, 1.82) is 0 Å². The molecular weight excluding hydrogens is 264 g/mol. The fourth-order valence-corrected chi connectivity index (χ4v) is 1.84. The maximum Gasteiger partial charge on any atom is 0.239 e. The van der Waals surface area contributed by atoms with E-state index in [4.69, 9.17) is 11.6 Å². The van der Waals surface area contributed by atoms with E-state index < -0.39 is 0 Å². The molecule has 19 heavy (non-hydrogen) atoms. The molecule has 1 heterocycles. The van der Waals surface area contributed by atoms with Crippen LogP contribution >= 0.6 is 11.6 Å². The number of nitrogens with zero attached hydrogens (tertiary/aromatic N) is 3. The van der Waals surface area contributed by atoms with Crippen molar-refractivity contribution in [3.63, 3.8) is 0 Å². The SMILES string of the molecule is CCNC(=O)CN(C)c1nc(C(C)C)nc(Cl)c1C. The molecule has 106 valence electrons. The number of halogens is 1. The summed E-state index contributed by atoms with van der Waals surface area (Å²) in [7, 11) is 1.82. The highest BCUT2D eigenvalue weighted by atomic mass is 35.5. The van der Waals surface area contributed by atoms with Crippen LogP contribution in [0.3, 0.4) is 0 Å². The van der Waals surface area contributed by atoms with Gasteiger partial charge in [0.05, 0.1) is 6.54 Å². The molecule has 0 saturated carbocycles. The highest BCUT2D eigenvalue weighted by molar-refractivity contribution is 6.30. The fourth-order valence-electron chi connectivity index (χ4n) is 1.67. The molecule has 1 amide bonds. The lowest BCUT2D eigenvalue weighted by molar-refractivity contribution is -0.119. The third-order valence-electron chi connectivity index (χ3n) is 2.71. The van der Waals surface area contributed by atoms with Gasteiger partial charge in [-0.25, -0.2) is 9.97 Å². The number of carbonyl (C=O) groups is 1. The molecule has 0 bridgehead atoms. The van der Waals surface area contributed by atoms with Crippen LogP contribution in [-0.2, 0) is 4.79 Å². The molecule has 0 spiro atoms. The number of nitrogens with one attached hydrogen (secondary N) is 1. The lowest BCUT2D eigenvalue weighted by atomic mass is 10.2. The first-order valence-corrected chi connectivity index (χ1v) is 6.76. The van der Waals surface area contributed by atoms with E-state index in [2.05, 4.69) is 15.3 Å². The molecule has 0 atom stereocenters. The van der Waals surface area contributed by atoms with Crippen LogP contribution in [0.4, 0.5) is 5.82 Å². The molecule has 0 radical (unpaired) electrons. The largest absolute Gasteiger partial charge is 0.355 e. The molecule has 0 aliphatic carbocycles. The van der Waals surface area contributed by atoms with Gasteiger partial charge in [0.2, 0.25) is 5.91 Å². The maximum atomic E-state index is 11.6. The summed E-state index contributed by atoms with van der Waals surface area (Å²) < 4.78 is 0. The van der Waals surface area contributed by atoms with Crippen LogP contribution in [-0.4, -0.2) is 36.0 Å². The summed E-state index contributed by atoms with van der Waals surface area (Å²) in [6, 6.07) is 0. The van der Waals surface area contributed by atoms with Crippen molar-refractivity contribution >= 4 is 23.3 Å². The average molecular weight is 285 g/mol. The minimum absolute atomic E-state index is 0.0368. The Morgan fingerprint density at radius 2 is 2.05 bits per heavy atom. The molecule has 0 fully saturated rings.